The number of aryl methyl sites for hydroxylation is 1. The first-order valence-electron chi connectivity index (χ1n) is 9.20. The van der Waals surface area contributed by atoms with E-state index in [2.05, 4.69) is 10.6 Å². The van der Waals surface area contributed by atoms with Crippen LogP contribution in [0.2, 0.25) is 0 Å². The summed E-state index contributed by atoms with van der Waals surface area (Å²) in [4.78, 5) is 38.4. The first-order valence-corrected chi connectivity index (χ1v) is 9.20. The molecule has 138 valence electrons. The first kappa shape index (κ1) is 16.9. The number of hydrogen-bond donors (Lipinski definition) is 3. The molecular weight excluding hydrogens is 332 g/mol. The van der Waals surface area contributed by atoms with Gasteiger partial charge in [-0.3, -0.25) is 14.5 Å². The Labute approximate surface area is 152 Å². The normalized spacial score (nSPS) is 27.9. The number of nitrogen functional groups attached to an aromatic ring is 1. The zero-order valence-corrected chi connectivity index (χ0v) is 14.9. The van der Waals surface area contributed by atoms with E-state index in [1.807, 2.05) is 18.2 Å². The van der Waals surface area contributed by atoms with E-state index in [-0.39, 0.29) is 30.3 Å². The number of amides is 4. The molecule has 4 N–H and O–H groups in total. The molecule has 4 amide bonds. The summed E-state index contributed by atoms with van der Waals surface area (Å²) in [6, 6.07) is 5.15. The van der Waals surface area contributed by atoms with Crippen LogP contribution in [-0.4, -0.2) is 34.8 Å². The number of nitrogens with two attached hydrogens (primary N) is 1. The van der Waals surface area contributed by atoms with E-state index in [4.69, 9.17) is 5.73 Å². The molecule has 7 heteroatoms. The van der Waals surface area contributed by atoms with Crippen molar-refractivity contribution in [2.24, 2.45) is 5.92 Å². The van der Waals surface area contributed by atoms with Crippen molar-refractivity contribution >= 4 is 23.5 Å². The lowest BCUT2D eigenvalue weighted by atomic mass is 9.87. The van der Waals surface area contributed by atoms with E-state index in [1.54, 1.807) is 6.92 Å². The van der Waals surface area contributed by atoms with Crippen LogP contribution in [0.4, 0.5) is 10.5 Å². The quantitative estimate of drug-likeness (QED) is 0.561. The second-order valence-electron chi connectivity index (χ2n) is 7.77. The molecule has 0 bridgehead atoms. The highest BCUT2D eigenvalue weighted by Crippen LogP contribution is 2.42. The predicted octanol–water partition coefficient (Wildman–Crippen LogP) is 1.48. The molecule has 0 radical (unpaired) electrons. The van der Waals surface area contributed by atoms with Crippen LogP contribution in [0, 0.1) is 5.92 Å². The molecule has 1 aromatic carbocycles. The fourth-order valence-electron chi connectivity index (χ4n) is 4.16. The molecule has 1 saturated carbocycles. The number of benzene rings is 1. The van der Waals surface area contributed by atoms with E-state index in [0.29, 0.717) is 0 Å². The highest BCUT2D eigenvalue weighted by Gasteiger charge is 2.56. The topological polar surface area (TPSA) is 105 Å². The van der Waals surface area contributed by atoms with Gasteiger partial charge in [0.15, 0.2) is 0 Å². The van der Waals surface area contributed by atoms with Crippen molar-refractivity contribution in [1.29, 1.82) is 0 Å². The van der Waals surface area contributed by atoms with Gasteiger partial charge in [-0.25, -0.2) is 4.79 Å². The van der Waals surface area contributed by atoms with Crippen molar-refractivity contribution in [3.63, 3.8) is 0 Å². The minimum absolute atomic E-state index is 0.109. The smallest absolute Gasteiger partial charge is 0.325 e. The van der Waals surface area contributed by atoms with Crippen LogP contribution in [0.3, 0.4) is 0 Å². The van der Waals surface area contributed by atoms with Gasteiger partial charge in [-0.2, -0.15) is 0 Å². The van der Waals surface area contributed by atoms with Crippen LogP contribution >= 0.6 is 0 Å². The second kappa shape index (κ2) is 6.00. The Bertz CT molecular complexity index is 789. The van der Waals surface area contributed by atoms with Crippen molar-refractivity contribution in [3.05, 3.63) is 29.3 Å². The summed E-state index contributed by atoms with van der Waals surface area (Å²) >= 11 is 0. The van der Waals surface area contributed by atoms with E-state index < -0.39 is 11.6 Å². The van der Waals surface area contributed by atoms with Gasteiger partial charge in [0.05, 0.1) is 6.04 Å². The predicted molar refractivity (Wildman–Crippen MR) is 96.0 cm³/mol. The molecule has 1 aromatic rings. The van der Waals surface area contributed by atoms with Gasteiger partial charge in [-0.05, 0) is 68.2 Å². The molecular formula is C19H24N4O3. The molecule has 3 aliphatic rings. The van der Waals surface area contributed by atoms with Gasteiger partial charge in [-0.15, -0.1) is 0 Å². The lowest BCUT2D eigenvalue weighted by molar-refractivity contribution is -0.135. The van der Waals surface area contributed by atoms with Gasteiger partial charge in [0.1, 0.15) is 12.1 Å². The van der Waals surface area contributed by atoms with E-state index in [1.165, 1.54) is 0 Å². The van der Waals surface area contributed by atoms with Gasteiger partial charge in [0.2, 0.25) is 5.91 Å². The average Bonchev–Trinajstić information content (AvgIpc) is 3.41. The molecule has 1 aliphatic heterocycles. The lowest BCUT2D eigenvalue weighted by Crippen LogP contribution is -2.47. The number of anilines is 1. The summed E-state index contributed by atoms with van der Waals surface area (Å²) in [7, 11) is 0. The van der Waals surface area contributed by atoms with E-state index in [0.717, 1.165) is 53.8 Å². The highest BCUT2D eigenvalue weighted by atomic mass is 16.2. The largest absolute Gasteiger partial charge is 0.399 e. The lowest BCUT2D eigenvalue weighted by Gasteiger charge is -2.27. The second-order valence-corrected chi connectivity index (χ2v) is 7.77. The fourth-order valence-corrected chi connectivity index (χ4v) is 4.16. The van der Waals surface area contributed by atoms with Crippen molar-refractivity contribution in [2.45, 2.75) is 50.6 Å². The van der Waals surface area contributed by atoms with Crippen molar-refractivity contribution in [2.75, 3.05) is 12.3 Å². The Hall–Kier alpha value is -2.57. The van der Waals surface area contributed by atoms with Crippen molar-refractivity contribution in [1.82, 2.24) is 15.5 Å². The number of hydrogen-bond acceptors (Lipinski definition) is 4. The monoisotopic (exact) mass is 356 g/mol. The maximum Gasteiger partial charge on any atom is 0.325 e. The Morgan fingerprint density at radius 2 is 2.12 bits per heavy atom. The third-order valence-corrected chi connectivity index (χ3v) is 5.81. The van der Waals surface area contributed by atoms with Gasteiger partial charge in [0.25, 0.3) is 5.91 Å². The fraction of sp³-hybridized carbons (Fsp3) is 0.526. The van der Waals surface area contributed by atoms with Crippen LogP contribution in [0.25, 0.3) is 0 Å². The minimum atomic E-state index is -0.855. The third-order valence-electron chi connectivity index (χ3n) is 5.81. The maximum absolute atomic E-state index is 12.6. The molecule has 0 aromatic heterocycles. The molecule has 2 aliphatic carbocycles. The Morgan fingerprint density at radius 1 is 1.35 bits per heavy atom. The number of nitrogens with one attached hydrogen (secondary N) is 2. The number of nitrogens with zero attached hydrogens (tertiary/aromatic N) is 1. The summed E-state index contributed by atoms with van der Waals surface area (Å²) in [5.74, 6) is -0.428. The summed E-state index contributed by atoms with van der Waals surface area (Å²) in [6.07, 6.45) is 4.61. The number of imide groups is 1. The summed E-state index contributed by atoms with van der Waals surface area (Å²) < 4.78 is 0. The molecule has 1 saturated heterocycles. The molecule has 0 spiro atoms. The SMILES string of the molecule is CC1(C2CC2)NC(=O)N(CC(=O)NC2CCCc3cc(N)ccc32)C1=O. The van der Waals surface area contributed by atoms with Crippen LogP contribution in [-0.2, 0) is 16.0 Å². The van der Waals surface area contributed by atoms with Crippen LogP contribution in [0.15, 0.2) is 18.2 Å². The van der Waals surface area contributed by atoms with Crippen LogP contribution < -0.4 is 16.4 Å². The number of carbonyl (C=O) groups excluding carboxylic acids is 3. The Morgan fingerprint density at radius 3 is 2.85 bits per heavy atom. The summed E-state index contributed by atoms with van der Waals surface area (Å²) in [5.41, 5.74) is 7.93. The van der Waals surface area contributed by atoms with Crippen LogP contribution in [0.1, 0.15) is 49.8 Å². The highest BCUT2D eigenvalue weighted by molar-refractivity contribution is 6.09. The number of fused-ring (bicyclic) bond motifs is 1. The number of carbonyl (C=O) groups is 3. The van der Waals surface area contributed by atoms with E-state index in [9.17, 15) is 14.4 Å². The Kier molecular flexibility index (Phi) is 3.89. The average molecular weight is 356 g/mol. The third kappa shape index (κ3) is 2.81. The number of rotatable bonds is 4. The standard InChI is InChI=1S/C19H24N4O3/c1-19(12-5-6-12)17(25)23(18(26)22-19)10-16(24)21-15-4-2-3-11-9-13(20)7-8-14(11)15/h7-9,12,15H,2-6,10,20H2,1H3,(H,21,24)(H,22,26). The zero-order valence-electron chi connectivity index (χ0n) is 14.9. The van der Waals surface area contributed by atoms with E-state index >= 15 is 0 Å². The van der Waals surface area contributed by atoms with Gasteiger partial charge >= 0.3 is 6.03 Å². The Balaban J connectivity index is 1.44. The molecule has 2 atom stereocenters. The minimum Gasteiger partial charge on any atom is -0.399 e. The van der Waals surface area contributed by atoms with Gasteiger partial charge in [-0.1, -0.05) is 6.07 Å². The molecule has 7 nitrogen and oxygen atoms in total. The van der Waals surface area contributed by atoms with Gasteiger partial charge in [0, 0.05) is 5.69 Å². The first-order chi connectivity index (χ1) is 12.4. The summed E-state index contributed by atoms with van der Waals surface area (Å²) in [5, 5.41) is 5.75. The van der Waals surface area contributed by atoms with Gasteiger partial charge < -0.3 is 16.4 Å². The zero-order chi connectivity index (χ0) is 18.5. The van der Waals surface area contributed by atoms with Crippen molar-refractivity contribution in [3.8, 4) is 0 Å². The number of urea groups is 1. The molecule has 1 heterocycles. The van der Waals surface area contributed by atoms with Crippen molar-refractivity contribution < 1.29 is 14.4 Å². The van der Waals surface area contributed by atoms with Crippen LogP contribution in [0.5, 0.6) is 0 Å². The maximum atomic E-state index is 12.6. The molecule has 2 fully saturated rings. The molecule has 26 heavy (non-hydrogen) atoms. The molecule has 2 unspecified atom stereocenters. The summed E-state index contributed by atoms with van der Waals surface area (Å²) in [6.45, 7) is 1.51. The molecule has 4 rings (SSSR count).